The lowest BCUT2D eigenvalue weighted by Crippen LogP contribution is -2.30. The Labute approximate surface area is 148 Å². The van der Waals surface area contributed by atoms with Crippen molar-refractivity contribution < 1.29 is 27.8 Å². The van der Waals surface area contributed by atoms with Crippen molar-refractivity contribution in [2.45, 2.75) is 33.5 Å². The number of para-hydroxylation sites is 1. The summed E-state index contributed by atoms with van der Waals surface area (Å²) in [7, 11) is 1.74. The summed E-state index contributed by atoms with van der Waals surface area (Å²) in [6.45, 7) is 1.81. The lowest BCUT2D eigenvalue weighted by atomic mass is 10.2. The second kappa shape index (κ2) is 7.94. The molecule has 140 valence electrons. The predicted octanol–water partition coefficient (Wildman–Crippen LogP) is 2.82. The molecule has 2 aromatic rings. The highest BCUT2D eigenvalue weighted by molar-refractivity contribution is 5.98. The minimum absolute atomic E-state index is 0.193. The van der Waals surface area contributed by atoms with Gasteiger partial charge < -0.3 is 14.8 Å². The number of aryl methyl sites for hydroxylation is 2. The van der Waals surface area contributed by atoms with Gasteiger partial charge in [0.2, 0.25) is 0 Å². The van der Waals surface area contributed by atoms with E-state index in [0.29, 0.717) is 11.4 Å². The molecule has 1 aromatic carbocycles. The van der Waals surface area contributed by atoms with Crippen LogP contribution in [0.5, 0.6) is 5.75 Å². The van der Waals surface area contributed by atoms with Gasteiger partial charge in [-0.15, -0.1) is 0 Å². The van der Waals surface area contributed by atoms with Gasteiger partial charge in [-0.25, -0.2) is 4.79 Å². The van der Waals surface area contributed by atoms with Crippen molar-refractivity contribution in [3.8, 4) is 5.75 Å². The Morgan fingerprint density at radius 2 is 1.88 bits per heavy atom. The van der Waals surface area contributed by atoms with Crippen LogP contribution < -0.4 is 10.1 Å². The Bertz CT molecular complexity index is 820. The number of carbonyl (C=O) groups excluding carboxylic acids is 2. The SMILES string of the molecule is Cc1nn(C)c(C)c1NC(=O)[C@@H](C)OC(=O)c1ccccc1OC(F)F. The number of esters is 1. The molecule has 1 amide bonds. The Morgan fingerprint density at radius 3 is 2.46 bits per heavy atom. The fourth-order valence-electron chi connectivity index (χ4n) is 2.29. The van der Waals surface area contributed by atoms with Crippen LogP contribution in [-0.2, 0) is 16.6 Å². The van der Waals surface area contributed by atoms with E-state index < -0.39 is 24.6 Å². The average Bonchev–Trinajstić information content (AvgIpc) is 2.80. The van der Waals surface area contributed by atoms with Gasteiger partial charge in [-0.05, 0) is 32.9 Å². The molecule has 0 spiro atoms. The number of rotatable bonds is 6. The van der Waals surface area contributed by atoms with Gasteiger partial charge in [0.25, 0.3) is 5.91 Å². The van der Waals surface area contributed by atoms with Crippen LogP contribution in [0.4, 0.5) is 14.5 Å². The molecular weight excluding hydrogens is 348 g/mol. The van der Waals surface area contributed by atoms with Gasteiger partial charge in [-0.1, -0.05) is 12.1 Å². The van der Waals surface area contributed by atoms with Crippen LogP contribution in [0, 0.1) is 13.8 Å². The fraction of sp³-hybridized carbons (Fsp3) is 0.353. The van der Waals surface area contributed by atoms with Crippen LogP contribution in [0.25, 0.3) is 0 Å². The standard InChI is InChI=1S/C17H19F2N3O4/c1-9-14(10(2)22(4)21-9)20-15(23)11(3)25-16(24)12-7-5-6-8-13(12)26-17(18)19/h5-8,11,17H,1-4H3,(H,20,23)/t11-/m1/s1. The van der Waals surface area contributed by atoms with Gasteiger partial charge in [0, 0.05) is 7.05 Å². The molecule has 1 N–H and O–H groups in total. The van der Waals surface area contributed by atoms with E-state index in [0.717, 1.165) is 5.69 Å². The second-order valence-corrected chi connectivity index (χ2v) is 5.58. The molecule has 1 heterocycles. The van der Waals surface area contributed by atoms with Gasteiger partial charge >= 0.3 is 12.6 Å². The van der Waals surface area contributed by atoms with Crippen molar-refractivity contribution in [2.75, 3.05) is 5.32 Å². The van der Waals surface area contributed by atoms with Gasteiger partial charge in [-0.2, -0.15) is 13.9 Å². The molecule has 0 aliphatic carbocycles. The maximum Gasteiger partial charge on any atom is 0.387 e. The van der Waals surface area contributed by atoms with E-state index in [4.69, 9.17) is 4.74 Å². The quantitative estimate of drug-likeness (QED) is 0.794. The Balaban J connectivity index is 2.08. The Morgan fingerprint density at radius 1 is 1.23 bits per heavy atom. The number of nitrogens with zero attached hydrogens (tertiary/aromatic N) is 2. The molecule has 2 rings (SSSR count). The summed E-state index contributed by atoms with van der Waals surface area (Å²) in [5, 5.41) is 6.83. The average molecular weight is 367 g/mol. The smallest absolute Gasteiger partial charge is 0.387 e. The highest BCUT2D eigenvalue weighted by Gasteiger charge is 2.24. The second-order valence-electron chi connectivity index (χ2n) is 5.58. The number of aromatic nitrogens is 2. The number of hydrogen-bond acceptors (Lipinski definition) is 5. The van der Waals surface area contributed by atoms with Gasteiger partial charge in [-0.3, -0.25) is 9.48 Å². The van der Waals surface area contributed by atoms with Gasteiger partial charge in [0.1, 0.15) is 11.3 Å². The van der Waals surface area contributed by atoms with E-state index in [9.17, 15) is 18.4 Å². The first kappa shape index (κ1) is 19.4. The molecule has 0 aliphatic rings. The molecule has 26 heavy (non-hydrogen) atoms. The molecule has 0 aliphatic heterocycles. The van der Waals surface area contributed by atoms with E-state index in [2.05, 4.69) is 15.2 Å². The van der Waals surface area contributed by atoms with Crippen LogP contribution in [0.2, 0.25) is 0 Å². The third kappa shape index (κ3) is 4.35. The Kier molecular flexibility index (Phi) is 5.91. The van der Waals surface area contributed by atoms with E-state index in [1.54, 1.807) is 25.6 Å². The van der Waals surface area contributed by atoms with Crippen molar-refractivity contribution in [3.05, 3.63) is 41.2 Å². The Hall–Kier alpha value is -2.97. The maximum absolute atomic E-state index is 12.4. The van der Waals surface area contributed by atoms with Crippen molar-refractivity contribution in [1.29, 1.82) is 0 Å². The number of alkyl halides is 2. The van der Waals surface area contributed by atoms with Crippen molar-refractivity contribution >= 4 is 17.6 Å². The third-order valence-corrected chi connectivity index (χ3v) is 3.73. The zero-order valence-corrected chi connectivity index (χ0v) is 14.7. The monoisotopic (exact) mass is 367 g/mol. The van der Waals surface area contributed by atoms with Crippen molar-refractivity contribution in [2.24, 2.45) is 7.05 Å². The summed E-state index contributed by atoms with van der Waals surface area (Å²) in [5.74, 6) is -1.83. The summed E-state index contributed by atoms with van der Waals surface area (Å²) >= 11 is 0. The van der Waals surface area contributed by atoms with Crippen LogP contribution in [-0.4, -0.2) is 34.4 Å². The first-order valence-corrected chi connectivity index (χ1v) is 7.76. The minimum atomic E-state index is -3.08. The number of nitrogens with one attached hydrogen (secondary N) is 1. The first-order chi connectivity index (χ1) is 12.2. The van der Waals surface area contributed by atoms with Crippen molar-refractivity contribution in [1.82, 2.24) is 9.78 Å². The molecule has 0 radical (unpaired) electrons. The van der Waals surface area contributed by atoms with Gasteiger partial charge in [0.05, 0.1) is 17.1 Å². The number of amides is 1. The van der Waals surface area contributed by atoms with E-state index in [-0.39, 0.29) is 11.3 Å². The number of halogens is 2. The number of anilines is 1. The van der Waals surface area contributed by atoms with Crippen LogP contribution in [0.1, 0.15) is 28.7 Å². The van der Waals surface area contributed by atoms with Crippen LogP contribution in [0.15, 0.2) is 24.3 Å². The third-order valence-electron chi connectivity index (χ3n) is 3.73. The molecule has 9 heteroatoms. The normalized spacial score (nSPS) is 12.0. The van der Waals surface area contributed by atoms with Gasteiger partial charge in [0.15, 0.2) is 6.10 Å². The van der Waals surface area contributed by atoms with E-state index >= 15 is 0 Å². The molecule has 1 atom stereocenters. The number of ether oxygens (including phenoxy) is 2. The molecule has 0 saturated carbocycles. The first-order valence-electron chi connectivity index (χ1n) is 7.76. The molecule has 0 bridgehead atoms. The predicted molar refractivity (Wildman–Crippen MR) is 89.3 cm³/mol. The number of carbonyl (C=O) groups is 2. The van der Waals surface area contributed by atoms with E-state index in [1.807, 2.05) is 0 Å². The summed E-state index contributed by atoms with van der Waals surface area (Å²) in [5.41, 5.74) is 1.70. The maximum atomic E-state index is 12.4. The topological polar surface area (TPSA) is 82.5 Å². The largest absolute Gasteiger partial charge is 0.449 e. The van der Waals surface area contributed by atoms with Crippen molar-refractivity contribution in [3.63, 3.8) is 0 Å². The van der Waals surface area contributed by atoms with Crippen LogP contribution >= 0.6 is 0 Å². The summed E-state index contributed by atoms with van der Waals surface area (Å²) < 4.78 is 35.8. The van der Waals surface area contributed by atoms with E-state index in [1.165, 1.54) is 31.2 Å². The van der Waals surface area contributed by atoms with Crippen LogP contribution in [0.3, 0.4) is 0 Å². The lowest BCUT2D eigenvalue weighted by Gasteiger charge is -2.15. The molecule has 1 aromatic heterocycles. The zero-order chi connectivity index (χ0) is 19.4. The number of hydrogen-bond donors (Lipinski definition) is 1. The summed E-state index contributed by atoms with van der Waals surface area (Å²) in [6, 6.07) is 5.41. The lowest BCUT2D eigenvalue weighted by molar-refractivity contribution is -0.123. The summed E-state index contributed by atoms with van der Waals surface area (Å²) in [4.78, 5) is 24.5. The number of benzene rings is 1. The zero-order valence-electron chi connectivity index (χ0n) is 14.7. The molecular formula is C17H19F2N3O4. The highest BCUT2D eigenvalue weighted by atomic mass is 19.3. The molecule has 7 nitrogen and oxygen atoms in total. The summed E-state index contributed by atoms with van der Waals surface area (Å²) in [6.07, 6.45) is -1.15. The minimum Gasteiger partial charge on any atom is -0.449 e. The highest BCUT2D eigenvalue weighted by Crippen LogP contribution is 2.22. The molecule has 0 fully saturated rings. The fourth-order valence-corrected chi connectivity index (χ4v) is 2.29. The molecule has 0 saturated heterocycles. The molecule has 0 unspecified atom stereocenters.